The smallest absolute Gasteiger partial charge is 0.173 e. The molecule has 0 atom stereocenters. The highest BCUT2D eigenvalue weighted by molar-refractivity contribution is 6.70. The Bertz CT molecular complexity index is 519. The van der Waals surface area contributed by atoms with Crippen LogP contribution in [0.25, 0.3) is 11.1 Å². The van der Waals surface area contributed by atoms with Gasteiger partial charge in [-0.05, 0) is 34.8 Å². The first kappa shape index (κ1) is 14.4. The molecule has 0 radical (unpaired) electrons. The summed E-state index contributed by atoms with van der Waals surface area (Å²) >= 11 is 0. The first-order chi connectivity index (χ1) is 8.08. The van der Waals surface area contributed by atoms with Crippen LogP contribution in [-0.4, -0.2) is 6.71 Å². The highest BCUT2D eigenvalue weighted by atomic mass is 19.1. The van der Waals surface area contributed by atoms with Crippen molar-refractivity contribution in [3.05, 3.63) is 54.1 Å². The second-order valence-corrected chi connectivity index (χ2v) is 4.40. The van der Waals surface area contributed by atoms with Gasteiger partial charge in [-0.1, -0.05) is 45.3 Å². The van der Waals surface area contributed by atoms with E-state index in [2.05, 4.69) is 0 Å². The van der Waals surface area contributed by atoms with Crippen LogP contribution in [0.4, 0.5) is 8.78 Å². The van der Waals surface area contributed by atoms with Gasteiger partial charge >= 0.3 is 0 Å². The molecule has 0 aliphatic rings. The molecule has 3 heteroatoms. The van der Waals surface area contributed by atoms with Gasteiger partial charge in [-0.25, -0.2) is 8.78 Å². The maximum absolute atomic E-state index is 13.8. The van der Waals surface area contributed by atoms with Crippen molar-refractivity contribution in [3.63, 3.8) is 0 Å². The molecule has 2 aromatic rings. The van der Waals surface area contributed by atoms with Crippen molar-refractivity contribution in [2.75, 3.05) is 0 Å². The molecule has 0 aliphatic carbocycles. The fraction of sp³-hybridized carbons (Fsp3) is 0.200. The molecular formula is C15H17BF2. The minimum Gasteiger partial charge on any atom is -0.208 e. The molecule has 2 rings (SSSR count). The van der Waals surface area contributed by atoms with Gasteiger partial charge in [0.2, 0.25) is 0 Å². The molecule has 0 bridgehead atoms. The largest absolute Gasteiger partial charge is 0.208 e. The summed E-state index contributed by atoms with van der Waals surface area (Å²) in [6.07, 6.45) is 0. The molecule has 0 heterocycles. The molecule has 0 nitrogen and oxygen atoms in total. The summed E-state index contributed by atoms with van der Waals surface area (Å²) in [6, 6.07) is 11.2. The van der Waals surface area contributed by atoms with Gasteiger partial charge in [0.05, 0.1) is 0 Å². The van der Waals surface area contributed by atoms with Crippen molar-refractivity contribution < 1.29 is 8.78 Å². The number of rotatable bonds is 2. The van der Waals surface area contributed by atoms with Gasteiger partial charge < -0.3 is 0 Å². The first-order valence-electron chi connectivity index (χ1n) is 5.63. The summed E-state index contributed by atoms with van der Waals surface area (Å²) in [6.45, 7) is 4.07. The third kappa shape index (κ3) is 2.98. The molecule has 0 saturated heterocycles. The predicted octanol–water partition coefficient (Wildman–Crippen LogP) is 4.23. The van der Waals surface area contributed by atoms with Gasteiger partial charge in [0.1, 0.15) is 11.6 Å². The minimum absolute atomic E-state index is 0. The second kappa shape index (κ2) is 5.81. The summed E-state index contributed by atoms with van der Waals surface area (Å²) in [7, 11) is 0. The van der Waals surface area contributed by atoms with Gasteiger partial charge in [-0.15, -0.1) is 0 Å². The van der Waals surface area contributed by atoms with Crippen LogP contribution in [0.5, 0.6) is 0 Å². The Morgan fingerprint density at radius 3 is 1.89 bits per heavy atom. The number of hydrogen-bond donors (Lipinski definition) is 0. The van der Waals surface area contributed by atoms with Crippen LogP contribution in [0, 0.1) is 11.6 Å². The topological polar surface area (TPSA) is 0 Å². The Hall–Kier alpha value is -1.64. The van der Waals surface area contributed by atoms with Crippen molar-refractivity contribution in [2.45, 2.75) is 21.1 Å². The van der Waals surface area contributed by atoms with Crippen LogP contribution in [0.15, 0.2) is 42.5 Å². The van der Waals surface area contributed by atoms with E-state index in [1.807, 2.05) is 19.7 Å². The van der Waals surface area contributed by atoms with Gasteiger partial charge in [-0.2, -0.15) is 0 Å². The average molecular weight is 246 g/mol. The molecule has 0 amide bonds. The fourth-order valence-electron chi connectivity index (χ4n) is 1.82. The van der Waals surface area contributed by atoms with Crippen molar-refractivity contribution >= 4 is 12.2 Å². The van der Waals surface area contributed by atoms with Gasteiger partial charge in [0, 0.05) is 0 Å². The Balaban J connectivity index is 0.00000162. The highest BCUT2D eigenvalue weighted by Gasteiger charge is 2.10. The Kier molecular flexibility index (Phi) is 4.65. The highest BCUT2D eigenvalue weighted by Crippen LogP contribution is 2.19. The van der Waals surface area contributed by atoms with Crippen LogP contribution in [0.2, 0.25) is 13.6 Å². The van der Waals surface area contributed by atoms with Crippen LogP contribution in [-0.2, 0) is 0 Å². The zero-order valence-corrected chi connectivity index (χ0v) is 9.87. The third-order valence-corrected chi connectivity index (χ3v) is 2.80. The van der Waals surface area contributed by atoms with E-state index >= 15 is 0 Å². The molecule has 0 aromatic heterocycles. The molecular weight excluding hydrogens is 229 g/mol. The van der Waals surface area contributed by atoms with Crippen LogP contribution >= 0.6 is 0 Å². The normalized spacial score (nSPS) is 9.78. The zero-order chi connectivity index (χ0) is 12.4. The number of hydrogen-bond acceptors (Lipinski definition) is 0. The number of halogens is 2. The molecule has 2 aromatic carbocycles. The van der Waals surface area contributed by atoms with Crippen molar-refractivity contribution in [2.24, 2.45) is 0 Å². The standard InChI is InChI=1S/C14H13BF2.CH4/c1-15(2)13-8-5-11(9-14(13)17)10-3-6-12(16)7-4-10;/h3-9H,1-2H3;1H4. The first-order valence-corrected chi connectivity index (χ1v) is 5.63. The Labute approximate surface area is 108 Å². The Morgan fingerprint density at radius 1 is 0.833 bits per heavy atom. The summed E-state index contributed by atoms with van der Waals surface area (Å²) in [5.74, 6) is -0.491. The fourth-order valence-corrected chi connectivity index (χ4v) is 1.82. The van der Waals surface area contributed by atoms with E-state index in [9.17, 15) is 8.78 Å². The van der Waals surface area contributed by atoms with Crippen LogP contribution in [0.1, 0.15) is 7.43 Å². The van der Waals surface area contributed by atoms with Crippen LogP contribution < -0.4 is 5.46 Å². The average Bonchev–Trinajstić information content (AvgIpc) is 2.29. The lowest BCUT2D eigenvalue weighted by Gasteiger charge is -2.07. The summed E-state index contributed by atoms with van der Waals surface area (Å²) in [4.78, 5) is 0. The van der Waals surface area contributed by atoms with Crippen LogP contribution in [0.3, 0.4) is 0 Å². The van der Waals surface area contributed by atoms with E-state index in [0.29, 0.717) is 5.46 Å². The van der Waals surface area contributed by atoms with Gasteiger partial charge in [-0.3, -0.25) is 0 Å². The van der Waals surface area contributed by atoms with Crippen molar-refractivity contribution in [1.82, 2.24) is 0 Å². The molecule has 94 valence electrons. The summed E-state index contributed by atoms with van der Waals surface area (Å²) in [5.41, 5.74) is 2.29. The second-order valence-electron chi connectivity index (χ2n) is 4.40. The molecule has 18 heavy (non-hydrogen) atoms. The van der Waals surface area contributed by atoms with Crippen molar-refractivity contribution in [3.8, 4) is 11.1 Å². The quantitative estimate of drug-likeness (QED) is 0.695. The third-order valence-electron chi connectivity index (χ3n) is 2.80. The Morgan fingerprint density at radius 2 is 1.39 bits per heavy atom. The summed E-state index contributed by atoms with van der Waals surface area (Å²) in [5, 5.41) is 0. The van der Waals surface area contributed by atoms with Gasteiger partial charge in [0.15, 0.2) is 6.71 Å². The molecule has 0 unspecified atom stereocenters. The molecule has 0 fully saturated rings. The van der Waals surface area contributed by atoms with Gasteiger partial charge in [0.25, 0.3) is 0 Å². The lowest BCUT2D eigenvalue weighted by molar-refractivity contribution is 0.628. The van der Waals surface area contributed by atoms with E-state index < -0.39 is 0 Å². The molecule has 0 saturated carbocycles. The predicted molar refractivity (Wildman–Crippen MR) is 75.6 cm³/mol. The van der Waals surface area contributed by atoms with E-state index in [0.717, 1.165) is 11.1 Å². The monoisotopic (exact) mass is 246 g/mol. The lowest BCUT2D eigenvalue weighted by Crippen LogP contribution is -2.25. The van der Waals surface area contributed by atoms with E-state index in [4.69, 9.17) is 0 Å². The molecule has 0 N–H and O–H groups in total. The molecule has 0 aliphatic heterocycles. The van der Waals surface area contributed by atoms with E-state index in [-0.39, 0.29) is 25.8 Å². The zero-order valence-electron chi connectivity index (χ0n) is 9.87. The number of benzene rings is 2. The minimum atomic E-state index is -0.284. The van der Waals surface area contributed by atoms with E-state index in [1.165, 1.54) is 18.2 Å². The van der Waals surface area contributed by atoms with E-state index in [1.54, 1.807) is 18.2 Å². The lowest BCUT2D eigenvalue weighted by atomic mass is 9.49. The SMILES string of the molecule is C.CB(C)c1ccc(-c2ccc(F)cc2)cc1F. The van der Waals surface area contributed by atoms with Crippen molar-refractivity contribution in [1.29, 1.82) is 0 Å². The maximum atomic E-state index is 13.8. The molecule has 0 spiro atoms. The summed E-state index contributed by atoms with van der Waals surface area (Å²) < 4.78 is 26.6. The maximum Gasteiger partial charge on any atom is 0.173 e.